The first-order valence-corrected chi connectivity index (χ1v) is 11.5. The Hall–Kier alpha value is -2.11. The van der Waals surface area contributed by atoms with Gasteiger partial charge in [0, 0.05) is 17.5 Å². The molecule has 3 nitrogen and oxygen atoms in total. The van der Waals surface area contributed by atoms with Crippen molar-refractivity contribution in [3.8, 4) is 10.4 Å². The molecule has 3 aromatic rings. The molecular weight excluding hydrogens is 374 g/mol. The molecule has 4 rings (SSSR count). The van der Waals surface area contributed by atoms with Crippen molar-refractivity contribution in [3.63, 3.8) is 0 Å². The first-order chi connectivity index (χ1) is 12.9. The average molecular weight is 398 g/mol. The molecule has 5 heteroatoms. The van der Waals surface area contributed by atoms with E-state index < -0.39 is 10.0 Å². The van der Waals surface area contributed by atoms with Crippen molar-refractivity contribution >= 4 is 27.0 Å². The summed E-state index contributed by atoms with van der Waals surface area (Å²) in [4.78, 5) is 1.62. The standard InChI is InChI=1S/C22H23NO2S2/c1-15-7-10-19(11-8-15)27(24,25)23(3)20-12-9-17-5-4-6-18-13-14-26-22(18)21(17)16(20)2/h7-14H,4-6H2,1-3H3. The average Bonchev–Trinajstić information content (AvgIpc) is 3.02. The zero-order chi connectivity index (χ0) is 19.2. The lowest BCUT2D eigenvalue weighted by Gasteiger charge is -2.24. The third kappa shape index (κ3) is 3.09. The Bertz CT molecular complexity index is 1100. The van der Waals surface area contributed by atoms with Crippen molar-refractivity contribution in [1.29, 1.82) is 0 Å². The molecule has 1 heterocycles. The molecule has 0 saturated heterocycles. The Labute approximate surface area is 165 Å². The molecule has 0 aliphatic heterocycles. The van der Waals surface area contributed by atoms with Crippen LogP contribution in [-0.4, -0.2) is 15.5 Å². The number of benzene rings is 2. The molecule has 1 aromatic heterocycles. The van der Waals surface area contributed by atoms with Crippen LogP contribution in [0.25, 0.3) is 10.4 Å². The van der Waals surface area contributed by atoms with Gasteiger partial charge in [-0.3, -0.25) is 4.31 Å². The lowest BCUT2D eigenvalue weighted by atomic mass is 9.97. The number of fused-ring (bicyclic) bond motifs is 3. The molecule has 0 amide bonds. The Morgan fingerprint density at radius 2 is 1.63 bits per heavy atom. The van der Waals surface area contributed by atoms with Crippen molar-refractivity contribution < 1.29 is 8.42 Å². The first kappa shape index (κ1) is 18.3. The van der Waals surface area contributed by atoms with E-state index in [0.29, 0.717) is 4.90 Å². The first-order valence-electron chi connectivity index (χ1n) is 9.14. The predicted molar refractivity (Wildman–Crippen MR) is 113 cm³/mol. The van der Waals surface area contributed by atoms with Gasteiger partial charge in [-0.1, -0.05) is 23.8 Å². The number of nitrogens with zero attached hydrogens (tertiary/aromatic N) is 1. The summed E-state index contributed by atoms with van der Waals surface area (Å²) in [6, 6.07) is 13.3. The molecule has 0 atom stereocenters. The maximum absolute atomic E-state index is 13.2. The van der Waals surface area contributed by atoms with E-state index in [0.717, 1.165) is 36.1 Å². The molecular formula is C22H23NO2S2. The Morgan fingerprint density at radius 3 is 2.37 bits per heavy atom. The number of hydrogen-bond donors (Lipinski definition) is 0. The maximum atomic E-state index is 13.2. The highest BCUT2D eigenvalue weighted by atomic mass is 32.2. The van der Waals surface area contributed by atoms with E-state index >= 15 is 0 Å². The molecule has 0 fully saturated rings. The van der Waals surface area contributed by atoms with E-state index in [1.807, 2.05) is 32.0 Å². The fourth-order valence-corrected chi connectivity index (χ4v) is 6.19. The van der Waals surface area contributed by atoms with Gasteiger partial charge < -0.3 is 0 Å². The summed E-state index contributed by atoms with van der Waals surface area (Å²) in [7, 11) is -1.95. The van der Waals surface area contributed by atoms with Gasteiger partial charge in [-0.2, -0.15) is 0 Å². The molecule has 0 spiro atoms. The van der Waals surface area contributed by atoms with Gasteiger partial charge in [-0.05, 0) is 79.4 Å². The van der Waals surface area contributed by atoms with Crippen LogP contribution in [0.1, 0.15) is 28.7 Å². The smallest absolute Gasteiger partial charge is 0.264 e. The van der Waals surface area contributed by atoms with Crippen LogP contribution in [0.2, 0.25) is 0 Å². The molecule has 0 bridgehead atoms. The highest BCUT2D eigenvalue weighted by molar-refractivity contribution is 7.92. The molecule has 1 aliphatic carbocycles. The van der Waals surface area contributed by atoms with Gasteiger partial charge in [0.15, 0.2) is 0 Å². The van der Waals surface area contributed by atoms with Gasteiger partial charge in [0.25, 0.3) is 10.0 Å². The second-order valence-corrected chi connectivity index (χ2v) is 10.0. The van der Waals surface area contributed by atoms with Crippen LogP contribution < -0.4 is 4.31 Å². The number of sulfonamides is 1. The van der Waals surface area contributed by atoms with Crippen molar-refractivity contribution in [2.45, 2.75) is 38.0 Å². The minimum Gasteiger partial charge on any atom is -0.269 e. The van der Waals surface area contributed by atoms with Crippen LogP contribution in [0, 0.1) is 13.8 Å². The zero-order valence-electron chi connectivity index (χ0n) is 15.8. The number of thiophene rings is 1. The largest absolute Gasteiger partial charge is 0.269 e. The van der Waals surface area contributed by atoms with E-state index in [-0.39, 0.29) is 0 Å². The van der Waals surface area contributed by atoms with Crippen molar-refractivity contribution in [2.24, 2.45) is 0 Å². The van der Waals surface area contributed by atoms with Gasteiger partial charge in [-0.15, -0.1) is 11.3 Å². The van der Waals surface area contributed by atoms with Crippen LogP contribution in [0.3, 0.4) is 0 Å². The minimum atomic E-state index is -3.59. The highest BCUT2D eigenvalue weighted by Gasteiger charge is 2.26. The summed E-state index contributed by atoms with van der Waals surface area (Å²) in [6.07, 6.45) is 3.25. The number of rotatable bonds is 3. The van der Waals surface area contributed by atoms with Crippen molar-refractivity contribution in [2.75, 3.05) is 11.4 Å². The number of aryl methyl sites for hydroxylation is 3. The fourth-order valence-electron chi connectivity index (χ4n) is 3.84. The summed E-state index contributed by atoms with van der Waals surface area (Å²) in [5, 5.41) is 2.14. The summed E-state index contributed by atoms with van der Waals surface area (Å²) >= 11 is 1.75. The van der Waals surface area contributed by atoms with E-state index in [2.05, 4.69) is 17.5 Å². The molecule has 0 N–H and O–H groups in total. The Kier molecular flexibility index (Phi) is 4.60. The summed E-state index contributed by atoms with van der Waals surface area (Å²) < 4.78 is 27.7. The predicted octanol–water partition coefficient (Wildman–Crippen LogP) is 5.35. The lowest BCUT2D eigenvalue weighted by molar-refractivity contribution is 0.594. The molecule has 140 valence electrons. The molecule has 2 aromatic carbocycles. The van der Waals surface area contributed by atoms with Crippen molar-refractivity contribution in [1.82, 2.24) is 0 Å². The number of hydrogen-bond acceptors (Lipinski definition) is 3. The second-order valence-electron chi connectivity index (χ2n) is 7.16. The van der Waals surface area contributed by atoms with E-state index in [1.54, 1.807) is 30.5 Å². The summed E-state index contributed by atoms with van der Waals surface area (Å²) in [5.74, 6) is 0. The van der Waals surface area contributed by atoms with E-state index in [4.69, 9.17) is 0 Å². The normalized spacial score (nSPS) is 13.6. The van der Waals surface area contributed by atoms with Crippen LogP contribution in [-0.2, 0) is 22.9 Å². The third-order valence-electron chi connectivity index (χ3n) is 5.41. The zero-order valence-corrected chi connectivity index (χ0v) is 17.5. The Balaban J connectivity index is 1.83. The van der Waals surface area contributed by atoms with Crippen LogP contribution in [0.5, 0.6) is 0 Å². The lowest BCUT2D eigenvalue weighted by Crippen LogP contribution is -2.27. The van der Waals surface area contributed by atoms with Gasteiger partial charge in [-0.25, -0.2) is 8.42 Å². The molecule has 0 saturated carbocycles. The quantitative estimate of drug-likeness (QED) is 0.598. The van der Waals surface area contributed by atoms with E-state index in [1.165, 1.54) is 25.9 Å². The maximum Gasteiger partial charge on any atom is 0.264 e. The van der Waals surface area contributed by atoms with Gasteiger partial charge >= 0.3 is 0 Å². The Morgan fingerprint density at radius 1 is 0.926 bits per heavy atom. The van der Waals surface area contributed by atoms with Gasteiger partial charge in [0.05, 0.1) is 10.6 Å². The SMILES string of the molecule is Cc1ccc(S(=O)(=O)N(C)c2ccc3c(c2C)-c2sccc2CCC3)cc1. The molecule has 27 heavy (non-hydrogen) atoms. The fraction of sp³-hybridized carbons (Fsp3) is 0.273. The number of anilines is 1. The van der Waals surface area contributed by atoms with Crippen LogP contribution in [0.4, 0.5) is 5.69 Å². The monoisotopic (exact) mass is 397 g/mol. The third-order valence-corrected chi connectivity index (χ3v) is 8.17. The van der Waals surface area contributed by atoms with E-state index in [9.17, 15) is 8.42 Å². The molecule has 0 unspecified atom stereocenters. The van der Waals surface area contributed by atoms with Crippen LogP contribution in [0.15, 0.2) is 52.7 Å². The molecule has 0 radical (unpaired) electrons. The van der Waals surface area contributed by atoms with Gasteiger partial charge in [0.1, 0.15) is 0 Å². The highest BCUT2D eigenvalue weighted by Crippen LogP contribution is 2.42. The second kappa shape index (κ2) is 6.80. The van der Waals surface area contributed by atoms with Gasteiger partial charge in [0.2, 0.25) is 0 Å². The summed E-state index contributed by atoms with van der Waals surface area (Å²) in [6.45, 7) is 4.00. The summed E-state index contributed by atoms with van der Waals surface area (Å²) in [5.41, 5.74) is 6.75. The topological polar surface area (TPSA) is 37.4 Å². The minimum absolute atomic E-state index is 0.321. The molecule has 1 aliphatic rings. The van der Waals surface area contributed by atoms with Crippen molar-refractivity contribution in [3.05, 3.63) is 70.1 Å². The van der Waals surface area contributed by atoms with Crippen LogP contribution >= 0.6 is 11.3 Å².